The van der Waals surface area contributed by atoms with Crippen LogP contribution in [0.1, 0.15) is 5.56 Å². The first-order valence-corrected chi connectivity index (χ1v) is 7.62. The summed E-state index contributed by atoms with van der Waals surface area (Å²) < 4.78 is 8.41. The molecule has 1 heterocycles. The first-order valence-electron chi connectivity index (χ1n) is 6.00. The van der Waals surface area contributed by atoms with Crippen molar-refractivity contribution in [3.63, 3.8) is 0 Å². The summed E-state index contributed by atoms with van der Waals surface area (Å²) in [5.41, 5.74) is 1.18. The number of hydrogen-bond acceptors (Lipinski definition) is 2. The molecule has 0 aliphatic carbocycles. The minimum atomic E-state index is 0.0640. The Hall–Kier alpha value is -1.77. The Morgan fingerprint density at radius 2 is 1.84 bits per heavy atom. The zero-order valence-electron chi connectivity index (χ0n) is 10.5. The van der Waals surface area contributed by atoms with Gasteiger partial charge in [-0.15, -0.1) is 0 Å². The van der Waals surface area contributed by atoms with E-state index in [-0.39, 0.29) is 20.3 Å². The Morgan fingerprint density at radius 1 is 1.11 bits per heavy atom. The third kappa shape index (κ3) is 2.25. The molecule has 0 radical (unpaired) electrons. The van der Waals surface area contributed by atoms with Crippen LogP contribution in [-0.4, -0.2) is 25.4 Å². The van der Waals surface area contributed by atoms with Gasteiger partial charge in [0.05, 0.1) is 0 Å². The molecule has 2 aromatic carbocycles. The maximum absolute atomic E-state index is 12.3. The van der Waals surface area contributed by atoms with E-state index < -0.39 is 0 Å². The normalized spacial score (nSPS) is 10.8. The van der Waals surface area contributed by atoms with Crippen LogP contribution in [0.25, 0.3) is 9.65 Å². The zero-order chi connectivity index (χ0) is 13.2. The molecule has 3 aromatic rings. The molecule has 0 fully saturated rings. The zero-order valence-corrected chi connectivity index (χ0v) is 12.2. The monoisotopic (exact) mass is 319 g/mol. The van der Waals surface area contributed by atoms with Crippen molar-refractivity contribution < 1.29 is 4.74 Å². The van der Waals surface area contributed by atoms with Gasteiger partial charge in [-0.2, -0.15) is 0 Å². The van der Waals surface area contributed by atoms with Crippen molar-refractivity contribution >= 4 is 24.4 Å². The van der Waals surface area contributed by atoms with Crippen molar-refractivity contribution in [2.24, 2.45) is 0 Å². The number of benzene rings is 2. The molecule has 0 saturated carbocycles. The quantitative estimate of drug-likeness (QED) is 0.693. The maximum atomic E-state index is 12.3. The van der Waals surface area contributed by atoms with Crippen LogP contribution in [0.4, 0.5) is 0 Å². The second kappa shape index (κ2) is 5.08. The van der Waals surface area contributed by atoms with Gasteiger partial charge in [-0.1, -0.05) is 0 Å². The Labute approximate surface area is 117 Å². The Morgan fingerprint density at radius 3 is 2.63 bits per heavy atom. The molecule has 3 nitrogen and oxygen atoms in total. The standard InChI is InChI=1S/C15H13NO2Se/c1-18-13-8-4-2-6-11(13)10-16-15(17)12-7-3-5-9-14(12)19-16/h2-9H,10H2,1H3. The molecule has 0 bridgehead atoms. The molecule has 1 aromatic heterocycles. The first kappa shape index (κ1) is 12.3. The molecule has 4 heteroatoms. The summed E-state index contributed by atoms with van der Waals surface area (Å²) in [6.07, 6.45) is 0. The molecule has 0 N–H and O–H groups in total. The van der Waals surface area contributed by atoms with Crippen LogP contribution in [0.2, 0.25) is 0 Å². The topological polar surface area (TPSA) is 31.2 Å². The summed E-state index contributed by atoms with van der Waals surface area (Å²) in [6, 6.07) is 15.7. The van der Waals surface area contributed by atoms with Crippen molar-refractivity contribution in [2.45, 2.75) is 6.54 Å². The first-order chi connectivity index (χ1) is 9.29. The van der Waals surface area contributed by atoms with E-state index in [1.54, 1.807) is 7.11 Å². The minimum absolute atomic E-state index is 0.0640. The van der Waals surface area contributed by atoms with E-state index in [1.165, 1.54) is 0 Å². The van der Waals surface area contributed by atoms with Crippen LogP contribution in [0.3, 0.4) is 0 Å². The van der Waals surface area contributed by atoms with E-state index in [9.17, 15) is 4.79 Å². The van der Waals surface area contributed by atoms with E-state index >= 15 is 0 Å². The summed E-state index contributed by atoms with van der Waals surface area (Å²) in [4.78, 5) is 12.3. The summed E-state index contributed by atoms with van der Waals surface area (Å²) in [7, 11) is 1.66. The van der Waals surface area contributed by atoms with Gasteiger partial charge < -0.3 is 0 Å². The van der Waals surface area contributed by atoms with Gasteiger partial charge in [0.15, 0.2) is 0 Å². The molecule has 0 unspecified atom stereocenters. The average molecular weight is 318 g/mol. The van der Waals surface area contributed by atoms with Crippen molar-refractivity contribution in [1.29, 1.82) is 0 Å². The number of ether oxygens (including phenoxy) is 1. The summed E-state index contributed by atoms with van der Waals surface area (Å²) in [5.74, 6) is 0.835. The van der Waals surface area contributed by atoms with Crippen LogP contribution >= 0.6 is 0 Å². The van der Waals surface area contributed by atoms with E-state index in [4.69, 9.17) is 4.74 Å². The molecule has 0 atom stereocenters. The predicted octanol–water partition coefficient (Wildman–Crippen LogP) is 2.12. The third-order valence-electron chi connectivity index (χ3n) is 3.06. The van der Waals surface area contributed by atoms with E-state index in [0.717, 1.165) is 21.0 Å². The number of fused-ring (bicyclic) bond motifs is 1. The third-order valence-corrected chi connectivity index (χ3v) is 5.30. The van der Waals surface area contributed by atoms with E-state index in [2.05, 4.69) is 0 Å². The van der Waals surface area contributed by atoms with Crippen LogP contribution in [0, 0.1) is 0 Å². The van der Waals surface area contributed by atoms with Gasteiger partial charge in [0.1, 0.15) is 0 Å². The fraction of sp³-hybridized carbons (Fsp3) is 0.133. The van der Waals surface area contributed by atoms with Gasteiger partial charge in [-0.3, -0.25) is 0 Å². The summed E-state index contributed by atoms with van der Waals surface area (Å²) >= 11 is 0.0640. The molecular formula is C15H13NO2Se. The van der Waals surface area contributed by atoms with E-state index in [0.29, 0.717) is 6.54 Å². The van der Waals surface area contributed by atoms with E-state index in [1.807, 2.05) is 52.1 Å². The predicted molar refractivity (Wildman–Crippen MR) is 77.2 cm³/mol. The molecular weight excluding hydrogens is 305 g/mol. The molecule has 3 rings (SSSR count). The fourth-order valence-electron chi connectivity index (χ4n) is 2.11. The number of nitrogens with zero attached hydrogens (tertiary/aromatic N) is 1. The van der Waals surface area contributed by atoms with Gasteiger partial charge in [0.2, 0.25) is 0 Å². The Bertz CT molecular complexity index is 773. The molecule has 0 saturated heterocycles. The molecule has 19 heavy (non-hydrogen) atoms. The molecule has 0 spiro atoms. The average Bonchev–Trinajstić information content (AvgIpc) is 2.77. The summed E-state index contributed by atoms with van der Waals surface area (Å²) in [5, 5.41) is 0.845. The second-order valence-electron chi connectivity index (χ2n) is 4.24. The van der Waals surface area contributed by atoms with Gasteiger partial charge >= 0.3 is 117 Å². The van der Waals surface area contributed by atoms with Crippen molar-refractivity contribution in [3.05, 3.63) is 64.4 Å². The fourth-order valence-corrected chi connectivity index (χ4v) is 4.24. The SMILES string of the molecule is COc1ccccc1Cn1[se]c2ccccc2c1=O. The van der Waals surface area contributed by atoms with Gasteiger partial charge in [0.25, 0.3) is 0 Å². The summed E-state index contributed by atoms with van der Waals surface area (Å²) in [6.45, 7) is 0.609. The van der Waals surface area contributed by atoms with Crippen molar-refractivity contribution in [3.8, 4) is 5.75 Å². The molecule has 96 valence electrons. The number of hydrogen-bond donors (Lipinski definition) is 0. The van der Waals surface area contributed by atoms with Crippen LogP contribution < -0.4 is 10.3 Å². The molecule has 0 amide bonds. The molecule has 0 aliphatic rings. The van der Waals surface area contributed by atoms with Crippen LogP contribution in [0.5, 0.6) is 5.75 Å². The second-order valence-corrected chi connectivity index (χ2v) is 6.47. The van der Waals surface area contributed by atoms with Crippen LogP contribution in [0.15, 0.2) is 53.3 Å². The van der Waals surface area contributed by atoms with Crippen molar-refractivity contribution in [2.75, 3.05) is 7.11 Å². The van der Waals surface area contributed by atoms with Crippen molar-refractivity contribution in [1.82, 2.24) is 3.56 Å². The van der Waals surface area contributed by atoms with Crippen LogP contribution in [-0.2, 0) is 6.54 Å². The Kier molecular flexibility index (Phi) is 3.28. The van der Waals surface area contributed by atoms with Gasteiger partial charge in [0, 0.05) is 0 Å². The number of para-hydroxylation sites is 1. The number of rotatable bonds is 3. The number of aromatic nitrogens is 1. The van der Waals surface area contributed by atoms with Gasteiger partial charge in [-0.25, -0.2) is 0 Å². The Balaban J connectivity index is 2.06. The number of methoxy groups -OCH3 is 1. The van der Waals surface area contributed by atoms with Gasteiger partial charge in [-0.05, 0) is 0 Å². The molecule has 0 aliphatic heterocycles.